The molecule has 0 unspecified atom stereocenters. The van der Waals surface area contributed by atoms with Gasteiger partial charge in [0.1, 0.15) is 0 Å². The molecule has 0 fully saturated rings. The second-order valence-corrected chi connectivity index (χ2v) is 2.94. The summed E-state index contributed by atoms with van der Waals surface area (Å²) in [6, 6.07) is 13.7. The average Bonchev–Trinajstić information content (AvgIpc) is 2.80. The normalized spacial score (nSPS) is 9.33. The Morgan fingerprint density at radius 1 is 0.933 bits per heavy atom. The number of fused-ring (bicyclic) bond motifs is 1. The number of H-pyrrole nitrogens is 1. The topological polar surface area (TPSA) is 41.1 Å². The number of aromatic nitrogens is 3. The van der Waals surface area contributed by atoms with E-state index in [0.29, 0.717) is 0 Å². The molecule has 0 aliphatic rings. The van der Waals surface area contributed by atoms with Crippen LogP contribution in [0.25, 0.3) is 11.0 Å². The Hall–Kier alpha value is -2.16. The molecule has 0 radical (unpaired) electrons. The minimum atomic E-state index is 0.970. The lowest BCUT2D eigenvalue weighted by molar-refractivity contribution is -0.377. The maximum absolute atomic E-state index is 4.01. The van der Waals surface area contributed by atoms with Crippen molar-refractivity contribution in [3.63, 3.8) is 0 Å². The first-order chi connectivity index (χ1) is 7.47. The van der Waals surface area contributed by atoms with Crippen molar-refractivity contribution in [2.24, 2.45) is 0 Å². The highest BCUT2D eigenvalue weighted by molar-refractivity contribution is 5.73. The third-order valence-electron chi connectivity index (χ3n) is 1.88. The van der Waals surface area contributed by atoms with Crippen LogP contribution in [0.15, 0.2) is 61.2 Å². The molecule has 3 nitrogen and oxygen atoms in total. The highest BCUT2D eigenvalue weighted by Crippen LogP contribution is 2.04. The number of hydrogen-bond donors (Lipinski definition) is 0. The van der Waals surface area contributed by atoms with Crippen molar-refractivity contribution < 1.29 is 4.98 Å². The number of aromatic amines is 1. The van der Waals surface area contributed by atoms with Gasteiger partial charge in [0.25, 0.3) is 0 Å². The van der Waals surface area contributed by atoms with E-state index in [9.17, 15) is 0 Å². The first kappa shape index (κ1) is 9.40. The molecular formula is C12H11N3. The van der Waals surface area contributed by atoms with Crippen molar-refractivity contribution in [2.45, 2.75) is 0 Å². The van der Waals surface area contributed by atoms with Gasteiger partial charge >= 0.3 is 0 Å². The van der Waals surface area contributed by atoms with Crippen molar-refractivity contribution in [1.29, 1.82) is 0 Å². The number of hydrogen-bond acceptors (Lipinski definition) is 1. The van der Waals surface area contributed by atoms with Gasteiger partial charge in [0, 0.05) is 12.1 Å². The van der Waals surface area contributed by atoms with E-state index in [1.807, 2.05) is 54.9 Å². The van der Waals surface area contributed by atoms with E-state index >= 15 is 0 Å². The van der Waals surface area contributed by atoms with Gasteiger partial charge in [-0.2, -0.15) is 0 Å². The number of imidazole rings is 1. The minimum Gasteiger partial charge on any atom is -0.443 e. The lowest BCUT2D eigenvalue weighted by Crippen LogP contribution is -1.93. The molecule has 1 aromatic carbocycles. The standard InChI is InChI=1S/C7H5N2.C5H5N/c1-2-4-7-6(3-1)8-5-9-7;1-2-4-6-5-3-1/h1-5H;1-5H/q-1;/p+1. The van der Waals surface area contributed by atoms with Gasteiger partial charge < -0.3 is 9.97 Å². The van der Waals surface area contributed by atoms with Crippen LogP contribution in [-0.2, 0) is 0 Å². The van der Waals surface area contributed by atoms with Crippen LogP contribution in [0.5, 0.6) is 0 Å². The van der Waals surface area contributed by atoms with Crippen LogP contribution in [0, 0.1) is 0 Å². The number of pyridine rings is 1. The van der Waals surface area contributed by atoms with E-state index in [4.69, 9.17) is 0 Å². The van der Waals surface area contributed by atoms with Crippen molar-refractivity contribution in [3.8, 4) is 0 Å². The fraction of sp³-hybridized carbons (Fsp3) is 0. The molecule has 0 bridgehead atoms. The fourth-order valence-corrected chi connectivity index (χ4v) is 1.18. The number of para-hydroxylation sites is 2. The van der Waals surface area contributed by atoms with E-state index in [1.54, 1.807) is 6.33 Å². The highest BCUT2D eigenvalue weighted by atomic mass is 14.9. The van der Waals surface area contributed by atoms with Crippen molar-refractivity contribution in [2.75, 3.05) is 0 Å². The molecule has 0 saturated carbocycles. The zero-order valence-corrected chi connectivity index (χ0v) is 8.17. The summed E-state index contributed by atoms with van der Waals surface area (Å²) in [6.07, 6.45) is 5.32. The predicted octanol–water partition coefficient (Wildman–Crippen LogP) is 1.69. The van der Waals surface area contributed by atoms with Gasteiger partial charge in [-0.05, 0) is 11.0 Å². The molecule has 15 heavy (non-hydrogen) atoms. The van der Waals surface area contributed by atoms with Gasteiger partial charge in [-0.15, -0.1) is 0 Å². The van der Waals surface area contributed by atoms with Gasteiger partial charge in [0.15, 0.2) is 12.4 Å². The van der Waals surface area contributed by atoms with E-state index in [-0.39, 0.29) is 0 Å². The van der Waals surface area contributed by atoms with Crippen LogP contribution >= 0.6 is 0 Å². The molecule has 0 atom stereocenters. The zero-order valence-electron chi connectivity index (χ0n) is 8.17. The lowest BCUT2D eigenvalue weighted by atomic mass is 10.3. The molecule has 0 aliphatic carbocycles. The second kappa shape index (κ2) is 4.91. The molecule has 2 heterocycles. The molecule has 0 spiro atoms. The maximum Gasteiger partial charge on any atom is 0.166 e. The van der Waals surface area contributed by atoms with Gasteiger partial charge in [-0.1, -0.05) is 36.7 Å². The van der Waals surface area contributed by atoms with Gasteiger partial charge in [-0.3, -0.25) is 0 Å². The minimum absolute atomic E-state index is 0.970. The number of nitrogens with one attached hydrogen (secondary N) is 1. The summed E-state index contributed by atoms with van der Waals surface area (Å²) in [5.74, 6) is 0. The quantitative estimate of drug-likeness (QED) is 0.550. The van der Waals surface area contributed by atoms with Crippen molar-refractivity contribution in [3.05, 3.63) is 61.2 Å². The van der Waals surface area contributed by atoms with Gasteiger partial charge in [-0.25, -0.2) is 4.98 Å². The Balaban J connectivity index is 0.000000124. The highest BCUT2D eigenvalue weighted by Gasteiger charge is 1.79. The Labute approximate surface area is 87.8 Å². The van der Waals surface area contributed by atoms with E-state index < -0.39 is 0 Å². The predicted molar refractivity (Wildman–Crippen MR) is 58.1 cm³/mol. The monoisotopic (exact) mass is 197 g/mol. The van der Waals surface area contributed by atoms with Crippen molar-refractivity contribution in [1.82, 2.24) is 9.97 Å². The fourth-order valence-electron chi connectivity index (χ4n) is 1.18. The zero-order chi connectivity index (χ0) is 10.3. The summed E-state index contributed by atoms with van der Waals surface area (Å²) in [5.41, 5.74) is 1.94. The third-order valence-corrected chi connectivity index (χ3v) is 1.88. The molecule has 0 aliphatic heterocycles. The molecule has 3 rings (SSSR count). The Kier molecular flexibility index (Phi) is 3.07. The molecule has 1 N–H and O–H groups in total. The smallest absolute Gasteiger partial charge is 0.166 e. The Morgan fingerprint density at radius 3 is 2.33 bits per heavy atom. The molecule has 2 aromatic heterocycles. The number of nitrogens with zero attached hydrogens (tertiary/aromatic N) is 2. The van der Waals surface area contributed by atoms with Crippen LogP contribution in [0.4, 0.5) is 0 Å². The van der Waals surface area contributed by atoms with E-state index in [0.717, 1.165) is 11.0 Å². The summed E-state index contributed by atoms with van der Waals surface area (Å²) in [7, 11) is 0. The van der Waals surface area contributed by atoms with Crippen LogP contribution in [0.1, 0.15) is 0 Å². The first-order valence-corrected chi connectivity index (χ1v) is 4.70. The molecule has 3 heteroatoms. The maximum atomic E-state index is 4.01. The van der Waals surface area contributed by atoms with E-state index in [1.165, 1.54) is 0 Å². The third kappa shape index (κ3) is 2.64. The van der Waals surface area contributed by atoms with Crippen LogP contribution in [-0.4, -0.2) is 4.98 Å². The number of benzene rings is 1. The van der Waals surface area contributed by atoms with Crippen LogP contribution in [0.3, 0.4) is 0 Å². The lowest BCUT2D eigenvalue weighted by Gasteiger charge is -1.89. The first-order valence-electron chi connectivity index (χ1n) is 4.70. The molecule has 0 amide bonds. The largest absolute Gasteiger partial charge is 0.443 e. The SMILES string of the molecule is c1cc[nH+]cc1.c1ccc2[n-]cnc2c1. The second-order valence-electron chi connectivity index (χ2n) is 2.94. The Morgan fingerprint density at radius 2 is 1.73 bits per heavy atom. The van der Waals surface area contributed by atoms with Crippen molar-refractivity contribution >= 4 is 11.0 Å². The number of rotatable bonds is 0. The molecular weight excluding hydrogens is 186 g/mol. The summed E-state index contributed by atoms with van der Waals surface area (Å²) in [5, 5.41) is 0. The van der Waals surface area contributed by atoms with Gasteiger partial charge in [0.2, 0.25) is 0 Å². The summed E-state index contributed by atoms with van der Waals surface area (Å²) in [6.45, 7) is 0. The summed E-state index contributed by atoms with van der Waals surface area (Å²) in [4.78, 5) is 10.9. The molecule has 0 saturated heterocycles. The van der Waals surface area contributed by atoms with Crippen LogP contribution in [0.2, 0.25) is 0 Å². The Bertz CT molecular complexity index is 445. The molecule has 74 valence electrons. The average molecular weight is 197 g/mol. The molecule has 3 aromatic rings. The van der Waals surface area contributed by atoms with Crippen LogP contribution < -0.4 is 9.97 Å². The summed E-state index contributed by atoms with van der Waals surface area (Å²) >= 11 is 0. The van der Waals surface area contributed by atoms with E-state index in [2.05, 4.69) is 15.0 Å². The summed E-state index contributed by atoms with van der Waals surface area (Å²) < 4.78 is 0. The van der Waals surface area contributed by atoms with Gasteiger partial charge in [0.05, 0.1) is 0 Å².